The van der Waals surface area contributed by atoms with Gasteiger partial charge in [0.15, 0.2) is 0 Å². The summed E-state index contributed by atoms with van der Waals surface area (Å²) >= 11 is 0. The second-order valence-electron chi connectivity index (χ2n) is 16.3. The van der Waals surface area contributed by atoms with Crippen molar-refractivity contribution in [1.82, 2.24) is 0 Å². The van der Waals surface area contributed by atoms with E-state index in [4.69, 9.17) is 5.48 Å². The van der Waals surface area contributed by atoms with Gasteiger partial charge in [-0.25, -0.2) is 0 Å². The van der Waals surface area contributed by atoms with Gasteiger partial charge in [0.25, 0.3) is 0 Å². The lowest BCUT2D eigenvalue weighted by Crippen LogP contribution is -2.16. The third-order valence-electron chi connectivity index (χ3n) is 12.3. The molecule has 0 saturated carbocycles. The van der Waals surface area contributed by atoms with Gasteiger partial charge in [0.1, 0.15) is 0 Å². The Bertz CT molecular complexity index is 3630. The third-order valence-corrected chi connectivity index (χ3v) is 12.3. The highest BCUT2D eigenvalue weighted by atomic mass is 15.1. The van der Waals surface area contributed by atoms with Gasteiger partial charge in [-0.1, -0.05) is 208 Å². The summed E-state index contributed by atoms with van der Waals surface area (Å²) in [5.74, 6) is 0. The van der Waals surface area contributed by atoms with Gasteiger partial charge < -0.3 is 4.90 Å². The Labute approximate surface area is 374 Å². The van der Waals surface area contributed by atoms with Gasteiger partial charge in [0.2, 0.25) is 0 Å². The van der Waals surface area contributed by atoms with Crippen molar-refractivity contribution in [2.45, 2.75) is 19.3 Å². The number of nitrogens with zero attached hydrogens (tertiary/aromatic N) is 1. The fourth-order valence-corrected chi connectivity index (χ4v) is 9.20. The van der Waals surface area contributed by atoms with Crippen molar-refractivity contribution in [3.8, 4) is 66.8 Å². The topological polar surface area (TPSA) is 3.24 Å². The van der Waals surface area contributed by atoms with E-state index in [9.17, 15) is 4.11 Å². The van der Waals surface area contributed by atoms with E-state index < -0.39 is 11.5 Å². The van der Waals surface area contributed by atoms with Crippen LogP contribution in [0.3, 0.4) is 0 Å². The lowest BCUT2D eigenvalue weighted by atomic mass is 9.82. The molecule has 0 N–H and O–H groups in total. The van der Waals surface area contributed by atoms with E-state index in [-0.39, 0.29) is 53.1 Å². The molecule has 11 rings (SSSR count). The summed E-state index contributed by atoms with van der Waals surface area (Å²) in [6, 6.07) is 65.0. The molecule has 294 valence electrons. The third kappa shape index (κ3) is 6.42. The first-order valence-electron chi connectivity index (χ1n) is 24.5. The molecule has 0 saturated heterocycles. The van der Waals surface area contributed by atoms with Crippen LogP contribution in [0.25, 0.3) is 77.5 Å². The number of benzene rings is 10. The Morgan fingerprint density at radius 2 is 0.903 bits per heavy atom. The molecule has 1 nitrogen and oxygen atoms in total. The van der Waals surface area contributed by atoms with Crippen molar-refractivity contribution in [2.24, 2.45) is 0 Å². The van der Waals surface area contributed by atoms with Crippen LogP contribution >= 0.6 is 0 Å². The van der Waals surface area contributed by atoms with Crippen molar-refractivity contribution in [2.75, 3.05) is 4.90 Å². The van der Waals surface area contributed by atoms with Gasteiger partial charge >= 0.3 is 0 Å². The van der Waals surface area contributed by atoms with Crippen molar-refractivity contribution in [3.63, 3.8) is 0 Å². The van der Waals surface area contributed by atoms with Crippen molar-refractivity contribution < 1.29 is 9.60 Å². The number of hydrogen-bond acceptors (Lipinski definition) is 1. The van der Waals surface area contributed by atoms with Crippen molar-refractivity contribution in [1.29, 1.82) is 0 Å². The molecule has 0 bridgehead atoms. The van der Waals surface area contributed by atoms with Crippen molar-refractivity contribution in [3.05, 3.63) is 248 Å². The van der Waals surface area contributed by atoms with Gasteiger partial charge in [0.05, 0.1) is 15.3 Å². The predicted octanol–water partition coefficient (Wildman–Crippen LogP) is 17.0. The molecule has 0 atom stereocenters. The van der Waals surface area contributed by atoms with E-state index in [2.05, 4.69) is 109 Å². The second-order valence-corrected chi connectivity index (χ2v) is 16.3. The van der Waals surface area contributed by atoms with Gasteiger partial charge in [-0.15, -0.1) is 0 Å². The fraction of sp³-hybridized carbons (Fsp3) is 0.0492. The quantitative estimate of drug-likeness (QED) is 0.148. The summed E-state index contributed by atoms with van der Waals surface area (Å²) in [6.45, 7) is 3.69. The molecule has 0 fully saturated rings. The average Bonchev–Trinajstić information content (AvgIpc) is 3.65. The molecule has 0 aromatic heterocycles. The molecule has 10 aromatic carbocycles. The predicted molar refractivity (Wildman–Crippen MR) is 263 cm³/mol. The van der Waals surface area contributed by atoms with E-state index in [1.54, 1.807) is 0 Å². The molecule has 1 heteroatoms. The Hall–Kier alpha value is -7.74. The van der Waals surface area contributed by atoms with Gasteiger partial charge in [-0.3, -0.25) is 0 Å². The smallest absolute Gasteiger partial charge is 0.0648 e. The maximum atomic E-state index is 10.1. The number of anilines is 3. The molecule has 0 radical (unpaired) electrons. The molecular formula is C61H45N. The zero-order valence-electron chi connectivity index (χ0n) is 41.4. The summed E-state index contributed by atoms with van der Waals surface area (Å²) < 4.78 is 64.7. The van der Waals surface area contributed by atoms with E-state index in [0.29, 0.717) is 22.5 Å². The van der Waals surface area contributed by atoms with Crippen molar-refractivity contribution >= 4 is 27.8 Å². The molecule has 10 aromatic rings. The first kappa shape index (κ1) is 30.3. The summed E-state index contributed by atoms with van der Waals surface area (Å²) in [5.41, 5.74) is 12.1. The van der Waals surface area contributed by atoms with Gasteiger partial charge in [-0.2, -0.15) is 0 Å². The first-order chi connectivity index (χ1) is 33.5. The molecule has 62 heavy (non-hydrogen) atoms. The minimum Gasteiger partial charge on any atom is -0.310 e. The number of hydrogen-bond donors (Lipinski definition) is 0. The minimum absolute atomic E-state index is 0.0137. The van der Waals surface area contributed by atoms with Gasteiger partial charge in [0, 0.05) is 22.4 Å². The zero-order valence-corrected chi connectivity index (χ0v) is 34.4. The fourth-order valence-electron chi connectivity index (χ4n) is 9.20. The maximum absolute atomic E-state index is 10.1. The highest BCUT2D eigenvalue weighted by molar-refractivity contribution is 6.13. The highest BCUT2D eigenvalue weighted by Gasteiger charge is 2.36. The monoisotopic (exact) mass is 798 g/mol. The Morgan fingerprint density at radius 3 is 1.58 bits per heavy atom. The number of rotatable bonds is 8. The zero-order chi connectivity index (χ0) is 47.7. The standard InChI is InChI=1S/C61H45N/c1-61(2)57-29-17-15-28-53(57)54-36-35-49(41-58(54)61)62(59-30-18-16-27-51(59)44-23-11-5-12-24-44)48-33-31-46(32-34-48)52-38-37-50(43-21-9-4-10-22-43)56-40-47(42-19-7-3-8-20-42)39-55(60(52)56)45-25-13-6-14-26-45/h3-41H,1-2H3/i15D,17D,28D,29D,35D,36D,41D. The number of fused-ring (bicyclic) bond motifs is 4. The Morgan fingerprint density at radius 1 is 0.371 bits per heavy atom. The molecule has 0 unspecified atom stereocenters. The van der Waals surface area contributed by atoms with Crippen LogP contribution in [0.4, 0.5) is 17.1 Å². The lowest BCUT2D eigenvalue weighted by Gasteiger charge is -2.30. The van der Waals surface area contributed by atoms with Crippen LogP contribution in [0.2, 0.25) is 0 Å². The largest absolute Gasteiger partial charge is 0.310 e. The van der Waals surface area contributed by atoms with Crippen LogP contribution in [0.1, 0.15) is 34.6 Å². The van der Waals surface area contributed by atoms with Crippen LogP contribution in [0.15, 0.2) is 236 Å². The summed E-state index contributed by atoms with van der Waals surface area (Å²) in [4.78, 5) is 1.90. The summed E-state index contributed by atoms with van der Waals surface area (Å²) in [5, 5.41) is 2.22. The average molecular weight is 799 g/mol. The van der Waals surface area contributed by atoms with Crippen LogP contribution in [-0.4, -0.2) is 0 Å². The minimum atomic E-state index is -1.09. The van der Waals surface area contributed by atoms with E-state index in [1.165, 1.54) is 0 Å². The van der Waals surface area contributed by atoms with Gasteiger partial charge in [-0.05, 0) is 126 Å². The lowest BCUT2D eigenvalue weighted by molar-refractivity contribution is 0.660. The van der Waals surface area contributed by atoms with Crippen LogP contribution in [-0.2, 0) is 5.41 Å². The first-order valence-corrected chi connectivity index (χ1v) is 21.0. The molecule has 0 aliphatic heterocycles. The molecular weight excluding hydrogens is 747 g/mol. The van der Waals surface area contributed by atoms with E-state index >= 15 is 0 Å². The second kappa shape index (κ2) is 15.4. The highest BCUT2D eigenvalue weighted by Crippen LogP contribution is 2.52. The van der Waals surface area contributed by atoms with Crippen LogP contribution in [0, 0.1) is 0 Å². The molecule has 1 aliphatic rings. The molecule has 0 amide bonds. The molecule has 1 aliphatic carbocycles. The Balaban J connectivity index is 1.16. The number of para-hydroxylation sites is 1. The van der Waals surface area contributed by atoms with E-state index in [0.717, 1.165) is 66.4 Å². The Kier molecular flexibility index (Phi) is 7.52. The summed E-state index contributed by atoms with van der Waals surface area (Å²) in [7, 11) is 0. The molecule has 0 heterocycles. The normalized spacial score (nSPS) is 14.1. The molecule has 0 spiro atoms. The summed E-state index contributed by atoms with van der Waals surface area (Å²) in [6.07, 6.45) is 0. The SMILES string of the molecule is [2H]c1c([2H])c([2H])c2c(c1[2H])-c1c([2H])c([2H])c(N(c3ccc(-c4ccc(-c5ccccc5)c5cc(-c6ccccc6)cc(-c6ccccc6)c45)cc3)c3ccccc3-c3ccccc3)c([2H])c1C2(C)C. The van der Waals surface area contributed by atoms with Crippen LogP contribution < -0.4 is 4.90 Å². The maximum Gasteiger partial charge on any atom is 0.0648 e. The van der Waals surface area contributed by atoms with E-state index in [1.807, 2.05) is 104 Å². The van der Waals surface area contributed by atoms with Crippen LogP contribution in [0.5, 0.6) is 0 Å².